The van der Waals surface area contributed by atoms with Crippen molar-refractivity contribution in [3.8, 4) is 0 Å². The summed E-state index contributed by atoms with van der Waals surface area (Å²) in [6.45, 7) is 2.29. The molecule has 6 nitrogen and oxygen atoms in total. The molecular formula is C14H17N3O3. The van der Waals surface area contributed by atoms with Gasteiger partial charge < -0.3 is 9.73 Å². The molecular weight excluding hydrogens is 258 g/mol. The third kappa shape index (κ3) is 3.81. The van der Waals surface area contributed by atoms with E-state index in [2.05, 4.69) is 10.3 Å². The molecule has 1 amide bonds. The zero-order valence-corrected chi connectivity index (χ0v) is 11.3. The normalized spacial score (nSPS) is 10.4. The van der Waals surface area contributed by atoms with Crippen LogP contribution in [0.2, 0.25) is 0 Å². The molecule has 0 fully saturated rings. The van der Waals surface area contributed by atoms with Gasteiger partial charge in [-0.05, 0) is 18.6 Å². The lowest BCUT2D eigenvalue weighted by Gasteiger charge is -2.06. The van der Waals surface area contributed by atoms with E-state index >= 15 is 0 Å². The standard InChI is InChI=1S/C14H17N3O3/c1-2-4-11-7-14(19)17(10-16-11)9-13(18)15-8-12-5-3-6-20-12/h3,5-7,10H,2,4,8-9H2,1H3,(H,15,18). The van der Waals surface area contributed by atoms with E-state index < -0.39 is 0 Å². The maximum atomic E-state index is 11.8. The number of nitrogens with one attached hydrogen (secondary N) is 1. The Hall–Kier alpha value is -2.37. The van der Waals surface area contributed by atoms with Crippen molar-refractivity contribution in [1.82, 2.24) is 14.9 Å². The molecule has 2 aromatic heterocycles. The van der Waals surface area contributed by atoms with E-state index in [1.807, 2.05) is 6.92 Å². The fraction of sp³-hybridized carbons (Fsp3) is 0.357. The maximum Gasteiger partial charge on any atom is 0.253 e. The minimum absolute atomic E-state index is 0.0427. The first-order valence-electron chi connectivity index (χ1n) is 6.53. The summed E-state index contributed by atoms with van der Waals surface area (Å²) >= 11 is 0. The second-order valence-electron chi connectivity index (χ2n) is 4.45. The van der Waals surface area contributed by atoms with Crippen LogP contribution in [0.3, 0.4) is 0 Å². The van der Waals surface area contributed by atoms with Gasteiger partial charge >= 0.3 is 0 Å². The van der Waals surface area contributed by atoms with Gasteiger partial charge in [-0.1, -0.05) is 13.3 Å². The first-order valence-corrected chi connectivity index (χ1v) is 6.53. The molecule has 1 N–H and O–H groups in total. The van der Waals surface area contributed by atoms with E-state index in [-0.39, 0.29) is 18.0 Å². The Balaban J connectivity index is 1.92. The topological polar surface area (TPSA) is 77.1 Å². The van der Waals surface area contributed by atoms with Crippen molar-refractivity contribution >= 4 is 5.91 Å². The van der Waals surface area contributed by atoms with E-state index in [0.717, 1.165) is 18.5 Å². The van der Waals surface area contributed by atoms with Gasteiger partial charge in [-0.25, -0.2) is 4.98 Å². The van der Waals surface area contributed by atoms with Crippen molar-refractivity contribution in [2.75, 3.05) is 0 Å². The van der Waals surface area contributed by atoms with Crippen LogP contribution in [0.25, 0.3) is 0 Å². The molecule has 0 atom stereocenters. The fourth-order valence-corrected chi connectivity index (χ4v) is 1.78. The van der Waals surface area contributed by atoms with Crippen molar-refractivity contribution in [1.29, 1.82) is 0 Å². The molecule has 20 heavy (non-hydrogen) atoms. The molecule has 0 saturated carbocycles. The Labute approximate surface area is 116 Å². The molecule has 0 spiro atoms. The van der Waals surface area contributed by atoms with E-state index in [4.69, 9.17) is 4.42 Å². The SMILES string of the molecule is CCCc1cc(=O)n(CC(=O)NCc2ccco2)cn1. The van der Waals surface area contributed by atoms with E-state index in [9.17, 15) is 9.59 Å². The van der Waals surface area contributed by atoms with Crippen LogP contribution >= 0.6 is 0 Å². The highest BCUT2D eigenvalue weighted by molar-refractivity contribution is 5.75. The number of aryl methyl sites for hydroxylation is 1. The van der Waals surface area contributed by atoms with Gasteiger partial charge in [-0.2, -0.15) is 0 Å². The third-order valence-corrected chi connectivity index (χ3v) is 2.80. The Kier molecular flexibility index (Phi) is 4.70. The van der Waals surface area contributed by atoms with Crippen LogP contribution < -0.4 is 10.9 Å². The quantitative estimate of drug-likeness (QED) is 0.856. The van der Waals surface area contributed by atoms with Gasteiger partial charge in [0, 0.05) is 11.8 Å². The number of aromatic nitrogens is 2. The molecule has 2 aromatic rings. The highest BCUT2D eigenvalue weighted by Crippen LogP contribution is 1.98. The lowest BCUT2D eigenvalue weighted by Crippen LogP contribution is -2.32. The van der Waals surface area contributed by atoms with Crippen molar-refractivity contribution in [3.05, 3.63) is 52.6 Å². The zero-order chi connectivity index (χ0) is 14.4. The maximum absolute atomic E-state index is 11.8. The van der Waals surface area contributed by atoms with E-state index in [1.165, 1.54) is 17.0 Å². The van der Waals surface area contributed by atoms with Gasteiger partial charge in [-0.3, -0.25) is 14.2 Å². The molecule has 0 bridgehead atoms. The van der Waals surface area contributed by atoms with Gasteiger partial charge in [0.05, 0.1) is 19.1 Å². The zero-order valence-electron chi connectivity index (χ0n) is 11.3. The Morgan fingerprint density at radius 1 is 1.50 bits per heavy atom. The summed E-state index contributed by atoms with van der Waals surface area (Å²) in [5.41, 5.74) is 0.543. The van der Waals surface area contributed by atoms with E-state index in [1.54, 1.807) is 18.4 Å². The van der Waals surface area contributed by atoms with E-state index in [0.29, 0.717) is 12.3 Å². The predicted molar refractivity (Wildman–Crippen MR) is 73.0 cm³/mol. The average molecular weight is 275 g/mol. The lowest BCUT2D eigenvalue weighted by molar-refractivity contribution is -0.122. The summed E-state index contributed by atoms with van der Waals surface area (Å²) in [6, 6.07) is 5.00. The van der Waals surface area contributed by atoms with Crippen molar-refractivity contribution in [3.63, 3.8) is 0 Å². The highest BCUT2D eigenvalue weighted by Gasteiger charge is 2.06. The van der Waals surface area contributed by atoms with Gasteiger partial charge in [0.2, 0.25) is 5.91 Å². The summed E-state index contributed by atoms with van der Waals surface area (Å²) in [7, 11) is 0. The highest BCUT2D eigenvalue weighted by atomic mass is 16.3. The van der Waals surface area contributed by atoms with Crippen molar-refractivity contribution < 1.29 is 9.21 Å². The molecule has 0 unspecified atom stereocenters. The number of hydrogen-bond acceptors (Lipinski definition) is 4. The van der Waals surface area contributed by atoms with Crippen LogP contribution in [0, 0.1) is 0 Å². The molecule has 106 valence electrons. The number of furan rings is 1. The molecule has 0 aromatic carbocycles. The molecule has 6 heteroatoms. The fourth-order valence-electron chi connectivity index (χ4n) is 1.78. The Morgan fingerprint density at radius 2 is 2.35 bits per heavy atom. The van der Waals surface area contributed by atoms with Crippen LogP contribution in [0.5, 0.6) is 0 Å². The number of rotatable bonds is 6. The summed E-state index contributed by atoms with van der Waals surface area (Å²) in [5.74, 6) is 0.413. The molecule has 0 aliphatic rings. The van der Waals surface area contributed by atoms with Crippen molar-refractivity contribution in [2.45, 2.75) is 32.9 Å². The predicted octanol–water partition coefficient (Wildman–Crippen LogP) is 1.11. The second-order valence-corrected chi connectivity index (χ2v) is 4.45. The molecule has 2 heterocycles. The summed E-state index contributed by atoms with van der Waals surface area (Å²) in [4.78, 5) is 27.7. The van der Waals surface area contributed by atoms with Gasteiger partial charge in [0.1, 0.15) is 12.3 Å². The number of amides is 1. The summed E-state index contributed by atoms with van der Waals surface area (Å²) < 4.78 is 6.39. The smallest absolute Gasteiger partial charge is 0.253 e. The molecule has 0 aliphatic heterocycles. The molecule has 0 saturated heterocycles. The number of carbonyl (C=O) groups is 1. The Bertz CT molecular complexity index is 617. The third-order valence-electron chi connectivity index (χ3n) is 2.80. The summed E-state index contributed by atoms with van der Waals surface area (Å²) in [6.07, 6.45) is 4.66. The average Bonchev–Trinajstić information content (AvgIpc) is 2.93. The molecule has 0 radical (unpaired) electrons. The van der Waals surface area contributed by atoms with Gasteiger partial charge in [0.25, 0.3) is 5.56 Å². The second kappa shape index (κ2) is 6.70. The van der Waals surface area contributed by atoms with Gasteiger partial charge in [-0.15, -0.1) is 0 Å². The largest absolute Gasteiger partial charge is 0.467 e. The van der Waals surface area contributed by atoms with Crippen LogP contribution in [0.1, 0.15) is 24.8 Å². The van der Waals surface area contributed by atoms with Crippen LogP contribution in [-0.4, -0.2) is 15.5 Å². The summed E-state index contributed by atoms with van der Waals surface area (Å²) in [5, 5.41) is 2.68. The molecule has 0 aliphatic carbocycles. The monoisotopic (exact) mass is 275 g/mol. The number of carbonyl (C=O) groups excluding carboxylic acids is 1. The first kappa shape index (κ1) is 14.0. The van der Waals surface area contributed by atoms with Crippen molar-refractivity contribution in [2.24, 2.45) is 0 Å². The molecule has 2 rings (SSSR count). The van der Waals surface area contributed by atoms with Crippen LogP contribution in [-0.2, 0) is 24.3 Å². The minimum Gasteiger partial charge on any atom is -0.467 e. The Morgan fingerprint density at radius 3 is 3.00 bits per heavy atom. The number of hydrogen-bond donors (Lipinski definition) is 1. The van der Waals surface area contributed by atoms with Crippen LogP contribution in [0.15, 0.2) is 40.0 Å². The van der Waals surface area contributed by atoms with Crippen LogP contribution in [0.4, 0.5) is 0 Å². The van der Waals surface area contributed by atoms with Gasteiger partial charge in [0.15, 0.2) is 0 Å². The number of nitrogens with zero attached hydrogens (tertiary/aromatic N) is 2. The lowest BCUT2D eigenvalue weighted by atomic mass is 10.2. The first-order chi connectivity index (χ1) is 9.69. The minimum atomic E-state index is -0.256.